The molecule has 32 heavy (non-hydrogen) atoms. The number of carbonyl (C=O) groups is 2. The van der Waals surface area contributed by atoms with Gasteiger partial charge in [0.1, 0.15) is 12.1 Å². The fourth-order valence-corrected chi connectivity index (χ4v) is 4.79. The molecule has 4 rings (SSSR count). The standard InChI is InChI=1S/C21H21BrN4O5S/c1-30-21(29)16-14(10-26-7-8-31-11-15(26)20(27)28)24-18(19-23-6-9-32-19)25-17(16)12-4-2-3-5-13(12)22/h2-6,9,15,17H,7-8,10-11H2,1H3,(H,24,25)(H,27,28)/t15-,17-/m0/s1. The number of morpholine rings is 1. The summed E-state index contributed by atoms with van der Waals surface area (Å²) in [6.45, 7) is 1.10. The van der Waals surface area contributed by atoms with Crippen molar-refractivity contribution >= 4 is 45.0 Å². The molecule has 0 radical (unpaired) electrons. The molecule has 1 saturated heterocycles. The number of aliphatic imine (C=N–C) groups is 1. The molecule has 2 atom stereocenters. The van der Waals surface area contributed by atoms with Crippen molar-refractivity contribution in [3.8, 4) is 0 Å². The maximum absolute atomic E-state index is 12.9. The summed E-state index contributed by atoms with van der Waals surface area (Å²) in [6.07, 6.45) is 1.68. The molecule has 3 heterocycles. The molecule has 0 spiro atoms. The molecule has 2 aliphatic rings. The van der Waals surface area contributed by atoms with E-state index in [1.165, 1.54) is 18.4 Å². The van der Waals surface area contributed by atoms with E-state index < -0.39 is 24.0 Å². The largest absolute Gasteiger partial charge is 0.480 e. The second-order valence-corrected chi connectivity index (χ2v) is 8.90. The van der Waals surface area contributed by atoms with Crippen LogP contribution in [0, 0.1) is 0 Å². The lowest BCUT2D eigenvalue weighted by Gasteiger charge is -2.35. The molecule has 1 aromatic carbocycles. The number of amidine groups is 1. The van der Waals surface area contributed by atoms with Crippen molar-refractivity contribution in [2.75, 3.05) is 33.4 Å². The van der Waals surface area contributed by atoms with Crippen LogP contribution in [-0.4, -0.2) is 72.2 Å². The van der Waals surface area contributed by atoms with Crippen molar-refractivity contribution in [3.63, 3.8) is 0 Å². The summed E-state index contributed by atoms with van der Waals surface area (Å²) in [5.74, 6) is -0.990. The number of halogens is 1. The van der Waals surface area contributed by atoms with Crippen LogP contribution < -0.4 is 5.32 Å². The van der Waals surface area contributed by atoms with Crippen LogP contribution in [0.5, 0.6) is 0 Å². The smallest absolute Gasteiger partial charge is 0.338 e. The third-order valence-electron chi connectivity index (χ3n) is 5.25. The number of nitrogens with one attached hydrogen (secondary N) is 1. The highest BCUT2D eigenvalue weighted by Crippen LogP contribution is 2.36. The predicted octanol–water partition coefficient (Wildman–Crippen LogP) is 2.21. The molecule has 168 valence electrons. The number of carboxylic acids is 1. The molecule has 0 saturated carbocycles. The first kappa shape index (κ1) is 22.6. The first-order chi connectivity index (χ1) is 15.5. The van der Waals surface area contributed by atoms with E-state index in [0.29, 0.717) is 35.3 Å². The van der Waals surface area contributed by atoms with Crippen LogP contribution in [0.15, 0.2) is 56.6 Å². The van der Waals surface area contributed by atoms with Crippen LogP contribution in [0.3, 0.4) is 0 Å². The molecule has 2 aliphatic heterocycles. The van der Waals surface area contributed by atoms with Gasteiger partial charge in [0.05, 0.1) is 25.9 Å². The molecular formula is C21H21BrN4O5S. The van der Waals surface area contributed by atoms with Gasteiger partial charge in [-0.1, -0.05) is 34.1 Å². The van der Waals surface area contributed by atoms with E-state index in [4.69, 9.17) is 14.5 Å². The summed E-state index contributed by atoms with van der Waals surface area (Å²) in [7, 11) is 1.32. The zero-order valence-electron chi connectivity index (χ0n) is 17.2. The molecule has 2 N–H and O–H groups in total. The van der Waals surface area contributed by atoms with Crippen LogP contribution >= 0.6 is 27.3 Å². The maximum Gasteiger partial charge on any atom is 0.338 e. The lowest BCUT2D eigenvalue weighted by Crippen LogP contribution is -2.52. The summed E-state index contributed by atoms with van der Waals surface area (Å²) in [4.78, 5) is 35.7. The number of benzene rings is 1. The number of ether oxygens (including phenoxy) is 2. The van der Waals surface area contributed by atoms with Crippen LogP contribution in [0.1, 0.15) is 16.6 Å². The summed E-state index contributed by atoms with van der Waals surface area (Å²) in [5, 5.41) is 15.4. The average molecular weight is 521 g/mol. The normalized spacial score (nSPS) is 21.6. The number of hydrogen-bond donors (Lipinski definition) is 2. The number of aromatic nitrogens is 1. The molecule has 0 amide bonds. The van der Waals surface area contributed by atoms with Crippen molar-refractivity contribution in [1.82, 2.24) is 15.2 Å². The van der Waals surface area contributed by atoms with E-state index in [9.17, 15) is 14.7 Å². The SMILES string of the molecule is COC(=O)C1=C(CN2CCOC[C@H]2C(=O)O)NC(c2nccs2)=N[C@H]1c1ccccc1Br. The highest BCUT2D eigenvalue weighted by molar-refractivity contribution is 9.10. The quantitative estimate of drug-likeness (QED) is 0.557. The number of carbonyl (C=O) groups excluding carboxylic acids is 1. The van der Waals surface area contributed by atoms with Crippen LogP contribution in [0.25, 0.3) is 0 Å². The van der Waals surface area contributed by atoms with Gasteiger partial charge in [-0.05, 0) is 11.6 Å². The summed E-state index contributed by atoms with van der Waals surface area (Å²) < 4.78 is 11.3. The summed E-state index contributed by atoms with van der Waals surface area (Å²) >= 11 is 4.98. The highest BCUT2D eigenvalue weighted by Gasteiger charge is 2.36. The number of esters is 1. The number of thiazole rings is 1. The lowest BCUT2D eigenvalue weighted by molar-refractivity contribution is -0.149. The van der Waals surface area contributed by atoms with Gasteiger partial charge in [-0.3, -0.25) is 14.7 Å². The Hall–Kier alpha value is -2.60. The Balaban J connectivity index is 1.81. The van der Waals surface area contributed by atoms with Gasteiger partial charge >= 0.3 is 11.9 Å². The number of aliphatic carboxylic acids is 1. The van der Waals surface area contributed by atoms with Crippen LogP contribution in [-0.2, 0) is 19.1 Å². The topological polar surface area (TPSA) is 113 Å². The third-order valence-corrected chi connectivity index (χ3v) is 6.75. The first-order valence-corrected chi connectivity index (χ1v) is 11.5. The Labute approximate surface area is 196 Å². The van der Waals surface area contributed by atoms with E-state index in [1.807, 2.05) is 29.6 Å². The van der Waals surface area contributed by atoms with Crippen molar-refractivity contribution in [2.24, 2.45) is 4.99 Å². The Kier molecular flexibility index (Phi) is 6.99. The first-order valence-electron chi connectivity index (χ1n) is 9.84. The Bertz CT molecular complexity index is 1070. The average Bonchev–Trinajstić information content (AvgIpc) is 3.34. The number of carboxylic acid groups (broad SMARTS) is 1. The van der Waals surface area contributed by atoms with Gasteiger partial charge in [0.2, 0.25) is 0 Å². The Morgan fingerprint density at radius 3 is 2.91 bits per heavy atom. The molecule has 1 fully saturated rings. The van der Waals surface area contributed by atoms with Crippen molar-refractivity contribution < 1.29 is 24.2 Å². The molecule has 2 aromatic rings. The molecule has 1 aromatic heterocycles. The van der Waals surface area contributed by atoms with Crippen molar-refractivity contribution in [3.05, 3.63) is 62.2 Å². The minimum atomic E-state index is -0.975. The lowest BCUT2D eigenvalue weighted by atomic mass is 9.95. The van der Waals surface area contributed by atoms with Crippen LogP contribution in [0.4, 0.5) is 0 Å². The summed E-state index contributed by atoms with van der Waals surface area (Å²) in [6, 6.07) is 6.05. The van der Waals surface area contributed by atoms with E-state index in [-0.39, 0.29) is 13.2 Å². The summed E-state index contributed by atoms with van der Waals surface area (Å²) in [5.41, 5.74) is 1.65. The Morgan fingerprint density at radius 2 is 2.22 bits per heavy atom. The number of rotatable bonds is 6. The molecule has 0 unspecified atom stereocenters. The van der Waals surface area contributed by atoms with Crippen molar-refractivity contribution in [1.29, 1.82) is 0 Å². The monoisotopic (exact) mass is 520 g/mol. The van der Waals surface area contributed by atoms with Gasteiger partial charge in [-0.2, -0.15) is 0 Å². The Morgan fingerprint density at radius 1 is 1.41 bits per heavy atom. The van der Waals surface area contributed by atoms with Gasteiger partial charge in [0.25, 0.3) is 0 Å². The van der Waals surface area contributed by atoms with Crippen molar-refractivity contribution in [2.45, 2.75) is 12.1 Å². The maximum atomic E-state index is 12.9. The predicted molar refractivity (Wildman–Crippen MR) is 122 cm³/mol. The molecule has 11 heteroatoms. The number of methoxy groups -OCH3 is 1. The zero-order valence-corrected chi connectivity index (χ0v) is 19.6. The van der Waals surface area contributed by atoms with Gasteiger partial charge in [0, 0.05) is 34.8 Å². The van der Waals surface area contributed by atoms with Crippen LogP contribution in [0.2, 0.25) is 0 Å². The highest BCUT2D eigenvalue weighted by atomic mass is 79.9. The fourth-order valence-electron chi connectivity index (χ4n) is 3.70. The van der Waals surface area contributed by atoms with E-state index in [0.717, 1.165) is 10.0 Å². The fraction of sp³-hybridized carbons (Fsp3) is 0.333. The molecule has 0 bridgehead atoms. The second-order valence-electron chi connectivity index (χ2n) is 7.15. The second kappa shape index (κ2) is 9.90. The molecular weight excluding hydrogens is 500 g/mol. The van der Waals surface area contributed by atoms with E-state index in [2.05, 4.69) is 26.2 Å². The van der Waals surface area contributed by atoms with Gasteiger partial charge in [-0.15, -0.1) is 11.3 Å². The molecule has 9 nitrogen and oxygen atoms in total. The minimum Gasteiger partial charge on any atom is -0.480 e. The zero-order chi connectivity index (χ0) is 22.7. The van der Waals surface area contributed by atoms with Gasteiger partial charge < -0.3 is 19.9 Å². The third kappa shape index (κ3) is 4.60. The van der Waals surface area contributed by atoms with E-state index in [1.54, 1.807) is 11.1 Å². The van der Waals surface area contributed by atoms with Gasteiger partial charge in [-0.25, -0.2) is 9.78 Å². The minimum absolute atomic E-state index is 0.0806. The molecule has 0 aliphatic carbocycles. The van der Waals surface area contributed by atoms with E-state index >= 15 is 0 Å². The number of nitrogens with zero attached hydrogens (tertiary/aromatic N) is 3. The number of hydrogen-bond acceptors (Lipinski definition) is 9. The van der Waals surface area contributed by atoms with Gasteiger partial charge in [0.15, 0.2) is 10.8 Å².